The first-order valence-electron chi connectivity index (χ1n) is 4.36. The zero-order chi connectivity index (χ0) is 10.6. The van der Waals surface area contributed by atoms with Crippen LogP contribution in [0.4, 0.5) is 0 Å². The molecule has 0 fully saturated rings. The van der Waals surface area contributed by atoms with Crippen LogP contribution in [0.15, 0.2) is 12.3 Å². The van der Waals surface area contributed by atoms with Gasteiger partial charge in [0.1, 0.15) is 0 Å². The molecular formula is C10H19NO2. The molecule has 13 heavy (non-hydrogen) atoms. The second-order valence-electron chi connectivity index (χ2n) is 4.20. The van der Waals surface area contributed by atoms with Crippen molar-refractivity contribution in [1.82, 2.24) is 5.32 Å². The third-order valence-electron chi connectivity index (χ3n) is 1.25. The predicted octanol–water partition coefficient (Wildman–Crippen LogP) is 1.84. The van der Waals surface area contributed by atoms with Crippen LogP contribution in [-0.4, -0.2) is 17.6 Å². The Bertz CT molecular complexity index is 203. The molecule has 0 rings (SSSR count). The monoisotopic (exact) mass is 185 g/mol. The standard InChI is InChI=1S/C10H19NO2/c1-7(2)13-8(3)9(12)11-10(4,5)6/h8H,1H2,2-6H3,(H,11,12). The molecule has 0 aromatic carbocycles. The first kappa shape index (κ1) is 12.0. The number of amides is 1. The summed E-state index contributed by atoms with van der Waals surface area (Å²) in [5, 5.41) is 2.82. The molecular weight excluding hydrogens is 166 g/mol. The Kier molecular flexibility index (Phi) is 3.98. The highest BCUT2D eigenvalue weighted by molar-refractivity contribution is 5.81. The van der Waals surface area contributed by atoms with Crippen LogP contribution in [0.1, 0.15) is 34.6 Å². The van der Waals surface area contributed by atoms with Gasteiger partial charge in [0.25, 0.3) is 5.91 Å². The van der Waals surface area contributed by atoms with E-state index in [9.17, 15) is 4.79 Å². The zero-order valence-corrected chi connectivity index (χ0v) is 9.10. The van der Waals surface area contributed by atoms with Crippen molar-refractivity contribution in [3.05, 3.63) is 12.3 Å². The van der Waals surface area contributed by atoms with Crippen LogP contribution in [0.5, 0.6) is 0 Å². The first-order chi connectivity index (χ1) is 5.72. The molecule has 0 spiro atoms. The van der Waals surface area contributed by atoms with E-state index in [1.165, 1.54) is 0 Å². The van der Waals surface area contributed by atoms with Crippen molar-refractivity contribution in [2.24, 2.45) is 0 Å². The molecule has 1 unspecified atom stereocenters. The van der Waals surface area contributed by atoms with Crippen molar-refractivity contribution in [3.8, 4) is 0 Å². The van der Waals surface area contributed by atoms with Crippen molar-refractivity contribution in [2.75, 3.05) is 0 Å². The number of ether oxygens (including phenoxy) is 1. The van der Waals surface area contributed by atoms with Gasteiger partial charge in [-0.3, -0.25) is 4.79 Å². The average Bonchev–Trinajstić information content (AvgIpc) is 1.81. The lowest BCUT2D eigenvalue weighted by atomic mass is 10.1. The van der Waals surface area contributed by atoms with Gasteiger partial charge in [0.05, 0.1) is 5.76 Å². The summed E-state index contributed by atoms with van der Waals surface area (Å²) in [5.74, 6) is 0.437. The number of nitrogens with one attached hydrogen (secondary N) is 1. The van der Waals surface area contributed by atoms with E-state index in [4.69, 9.17) is 4.74 Å². The van der Waals surface area contributed by atoms with Crippen molar-refractivity contribution >= 4 is 5.91 Å². The van der Waals surface area contributed by atoms with Gasteiger partial charge in [-0.05, 0) is 34.6 Å². The summed E-state index contributed by atoms with van der Waals surface area (Å²) in [4.78, 5) is 11.4. The fourth-order valence-electron chi connectivity index (χ4n) is 0.827. The Labute approximate surface area is 80.2 Å². The molecule has 0 saturated carbocycles. The highest BCUT2D eigenvalue weighted by atomic mass is 16.5. The SMILES string of the molecule is C=C(C)OC(C)C(=O)NC(C)(C)C. The summed E-state index contributed by atoms with van der Waals surface area (Å²) >= 11 is 0. The smallest absolute Gasteiger partial charge is 0.261 e. The molecule has 1 N–H and O–H groups in total. The van der Waals surface area contributed by atoms with Gasteiger partial charge in [-0.25, -0.2) is 0 Å². The molecule has 0 saturated heterocycles. The van der Waals surface area contributed by atoms with Crippen molar-refractivity contribution in [2.45, 2.75) is 46.3 Å². The Hall–Kier alpha value is -0.990. The van der Waals surface area contributed by atoms with Crippen LogP contribution in [0.3, 0.4) is 0 Å². The molecule has 0 aliphatic carbocycles. The van der Waals surface area contributed by atoms with E-state index < -0.39 is 6.10 Å². The normalized spacial score (nSPS) is 13.3. The van der Waals surface area contributed by atoms with E-state index in [2.05, 4.69) is 11.9 Å². The maximum Gasteiger partial charge on any atom is 0.261 e. The minimum Gasteiger partial charge on any atom is -0.486 e. The lowest BCUT2D eigenvalue weighted by Gasteiger charge is -2.23. The van der Waals surface area contributed by atoms with Crippen LogP contribution in [0.2, 0.25) is 0 Å². The molecule has 0 bridgehead atoms. The summed E-state index contributed by atoms with van der Waals surface area (Å²) in [6, 6.07) is 0. The minimum atomic E-state index is -0.475. The minimum absolute atomic E-state index is 0.115. The molecule has 0 radical (unpaired) electrons. The van der Waals surface area contributed by atoms with Crippen molar-refractivity contribution in [1.29, 1.82) is 0 Å². The molecule has 0 aromatic rings. The Balaban J connectivity index is 4.05. The number of hydrogen-bond donors (Lipinski definition) is 1. The molecule has 0 heterocycles. The van der Waals surface area contributed by atoms with Crippen LogP contribution < -0.4 is 5.32 Å². The quantitative estimate of drug-likeness (QED) is 0.681. The summed E-state index contributed by atoms with van der Waals surface area (Å²) in [7, 11) is 0. The molecule has 0 aliphatic heterocycles. The number of allylic oxidation sites excluding steroid dienone is 1. The number of carbonyl (C=O) groups excluding carboxylic acids is 1. The van der Waals surface area contributed by atoms with Gasteiger partial charge in [0.15, 0.2) is 6.10 Å². The molecule has 0 aliphatic rings. The highest BCUT2D eigenvalue weighted by Crippen LogP contribution is 2.03. The van der Waals surface area contributed by atoms with E-state index >= 15 is 0 Å². The Morgan fingerprint density at radius 3 is 2.23 bits per heavy atom. The van der Waals surface area contributed by atoms with Crippen LogP contribution in [-0.2, 0) is 9.53 Å². The average molecular weight is 185 g/mol. The van der Waals surface area contributed by atoms with E-state index in [0.717, 1.165) is 0 Å². The lowest BCUT2D eigenvalue weighted by Crippen LogP contribution is -2.45. The van der Waals surface area contributed by atoms with E-state index in [1.807, 2.05) is 20.8 Å². The van der Waals surface area contributed by atoms with Gasteiger partial charge in [-0.1, -0.05) is 6.58 Å². The second-order valence-corrected chi connectivity index (χ2v) is 4.20. The summed E-state index contributed by atoms with van der Waals surface area (Å²) < 4.78 is 5.15. The maximum absolute atomic E-state index is 11.4. The molecule has 76 valence electrons. The predicted molar refractivity (Wildman–Crippen MR) is 53.3 cm³/mol. The summed E-state index contributed by atoms with van der Waals surface area (Å²) in [6.45, 7) is 12.8. The highest BCUT2D eigenvalue weighted by Gasteiger charge is 2.19. The first-order valence-corrected chi connectivity index (χ1v) is 4.36. The summed E-state index contributed by atoms with van der Waals surface area (Å²) in [5.41, 5.74) is -0.218. The van der Waals surface area contributed by atoms with Crippen molar-refractivity contribution in [3.63, 3.8) is 0 Å². The lowest BCUT2D eigenvalue weighted by molar-refractivity contribution is -0.130. The Morgan fingerprint density at radius 1 is 1.46 bits per heavy atom. The molecule has 3 heteroatoms. The molecule has 3 nitrogen and oxygen atoms in total. The third-order valence-corrected chi connectivity index (χ3v) is 1.25. The number of hydrogen-bond acceptors (Lipinski definition) is 2. The molecule has 1 amide bonds. The van der Waals surface area contributed by atoms with Crippen LogP contribution in [0, 0.1) is 0 Å². The van der Waals surface area contributed by atoms with E-state index in [1.54, 1.807) is 13.8 Å². The fourth-order valence-corrected chi connectivity index (χ4v) is 0.827. The fraction of sp³-hybridized carbons (Fsp3) is 0.700. The molecule has 1 atom stereocenters. The van der Waals surface area contributed by atoms with Gasteiger partial charge in [-0.15, -0.1) is 0 Å². The van der Waals surface area contributed by atoms with Gasteiger partial charge < -0.3 is 10.1 Å². The third kappa shape index (κ3) is 6.20. The second kappa shape index (κ2) is 4.30. The van der Waals surface area contributed by atoms with Crippen molar-refractivity contribution < 1.29 is 9.53 Å². The van der Waals surface area contributed by atoms with Gasteiger partial charge in [-0.2, -0.15) is 0 Å². The van der Waals surface area contributed by atoms with E-state index in [-0.39, 0.29) is 11.4 Å². The van der Waals surface area contributed by atoms with Crippen LogP contribution in [0.25, 0.3) is 0 Å². The number of rotatable bonds is 3. The van der Waals surface area contributed by atoms with Crippen LogP contribution >= 0.6 is 0 Å². The summed E-state index contributed by atoms with van der Waals surface area (Å²) in [6.07, 6.45) is -0.475. The molecule has 0 aromatic heterocycles. The maximum atomic E-state index is 11.4. The van der Waals surface area contributed by atoms with Gasteiger partial charge in [0, 0.05) is 5.54 Å². The van der Waals surface area contributed by atoms with E-state index in [0.29, 0.717) is 5.76 Å². The zero-order valence-electron chi connectivity index (χ0n) is 9.10. The Morgan fingerprint density at radius 2 is 1.92 bits per heavy atom. The van der Waals surface area contributed by atoms with Gasteiger partial charge in [0.2, 0.25) is 0 Å². The largest absolute Gasteiger partial charge is 0.486 e. The topological polar surface area (TPSA) is 38.3 Å². The number of carbonyl (C=O) groups is 1. The van der Waals surface area contributed by atoms with Gasteiger partial charge >= 0.3 is 0 Å².